The van der Waals surface area contributed by atoms with E-state index in [9.17, 15) is 14.4 Å². The Morgan fingerprint density at radius 3 is 2.18 bits per heavy atom. The second-order valence-corrected chi connectivity index (χ2v) is 8.43. The van der Waals surface area contributed by atoms with E-state index in [2.05, 4.69) is 5.32 Å². The van der Waals surface area contributed by atoms with E-state index in [4.69, 9.17) is 23.7 Å². The van der Waals surface area contributed by atoms with Gasteiger partial charge in [0.05, 0.1) is 6.10 Å². The lowest BCUT2D eigenvalue weighted by molar-refractivity contribution is -0.288. The molecule has 1 aliphatic carbocycles. The molecule has 9 heteroatoms. The summed E-state index contributed by atoms with van der Waals surface area (Å²) in [5.41, 5.74) is 1.02. The largest absolute Gasteiger partial charge is 0.463 e. The zero-order chi connectivity index (χ0) is 23.8. The summed E-state index contributed by atoms with van der Waals surface area (Å²) in [6.07, 6.45) is 0.417. The highest BCUT2D eigenvalue weighted by Gasteiger charge is 2.51. The van der Waals surface area contributed by atoms with Gasteiger partial charge in [0, 0.05) is 27.3 Å². The lowest BCUT2D eigenvalue weighted by Crippen LogP contribution is -2.66. The van der Waals surface area contributed by atoms with E-state index in [-0.39, 0.29) is 12.7 Å². The number of carbonyl (C=O) groups is 3. The highest BCUT2D eigenvalue weighted by Crippen LogP contribution is 2.31. The fourth-order valence-electron chi connectivity index (χ4n) is 4.28. The first kappa shape index (κ1) is 25.1. The Morgan fingerprint density at radius 2 is 1.58 bits per heavy atom. The molecule has 182 valence electrons. The summed E-state index contributed by atoms with van der Waals surface area (Å²) in [6.45, 7) is 4.13. The minimum Gasteiger partial charge on any atom is -0.463 e. The van der Waals surface area contributed by atoms with Crippen molar-refractivity contribution in [3.63, 3.8) is 0 Å². The van der Waals surface area contributed by atoms with Crippen LogP contribution in [-0.4, -0.2) is 61.3 Å². The van der Waals surface area contributed by atoms with Crippen LogP contribution in [0.1, 0.15) is 52.0 Å². The SMILES string of the molecule is CC(=O)OC[C@H]1O[C@@H](OC2CCCC2)[C@H](NCc2ccccc2)[C@@H](OC(C)=O)[C@@H]1OC(C)=O. The second-order valence-electron chi connectivity index (χ2n) is 8.43. The topological polar surface area (TPSA) is 109 Å². The van der Waals surface area contributed by atoms with Crippen molar-refractivity contribution < 1.29 is 38.1 Å². The fourth-order valence-corrected chi connectivity index (χ4v) is 4.28. The molecule has 2 aliphatic rings. The molecule has 33 heavy (non-hydrogen) atoms. The molecule has 1 N–H and O–H groups in total. The third-order valence-corrected chi connectivity index (χ3v) is 5.71. The minimum atomic E-state index is -0.984. The molecule has 5 atom stereocenters. The lowest BCUT2D eigenvalue weighted by Gasteiger charge is -2.45. The van der Waals surface area contributed by atoms with Crippen LogP contribution in [0.3, 0.4) is 0 Å². The van der Waals surface area contributed by atoms with E-state index >= 15 is 0 Å². The van der Waals surface area contributed by atoms with Crippen LogP contribution in [0, 0.1) is 0 Å². The zero-order valence-electron chi connectivity index (χ0n) is 19.4. The first-order valence-corrected chi connectivity index (χ1v) is 11.4. The summed E-state index contributed by atoms with van der Waals surface area (Å²) in [4.78, 5) is 35.4. The number of carbonyl (C=O) groups excluding carboxylic acids is 3. The number of hydrogen-bond acceptors (Lipinski definition) is 9. The predicted octanol–water partition coefficient (Wildman–Crippen LogP) is 2.26. The first-order valence-electron chi connectivity index (χ1n) is 11.4. The Morgan fingerprint density at radius 1 is 0.939 bits per heavy atom. The molecule has 2 fully saturated rings. The molecule has 0 aromatic heterocycles. The molecule has 0 amide bonds. The fraction of sp³-hybridized carbons (Fsp3) is 0.625. The second kappa shape index (κ2) is 12.1. The van der Waals surface area contributed by atoms with E-state index in [1.54, 1.807) is 0 Å². The summed E-state index contributed by atoms with van der Waals surface area (Å²) in [5, 5.41) is 3.38. The Labute approximate surface area is 194 Å². The maximum Gasteiger partial charge on any atom is 0.303 e. The van der Waals surface area contributed by atoms with E-state index in [1.807, 2.05) is 30.3 Å². The van der Waals surface area contributed by atoms with Crippen LogP contribution in [0.4, 0.5) is 0 Å². The van der Waals surface area contributed by atoms with Crippen LogP contribution in [0.5, 0.6) is 0 Å². The van der Waals surface area contributed by atoms with Gasteiger partial charge < -0.3 is 29.0 Å². The van der Waals surface area contributed by atoms with Crippen LogP contribution in [0.15, 0.2) is 30.3 Å². The van der Waals surface area contributed by atoms with Gasteiger partial charge in [-0.3, -0.25) is 14.4 Å². The van der Waals surface area contributed by atoms with Gasteiger partial charge in [0.25, 0.3) is 0 Å². The van der Waals surface area contributed by atoms with Gasteiger partial charge in [0.15, 0.2) is 18.5 Å². The van der Waals surface area contributed by atoms with Crippen LogP contribution >= 0.6 is 0 Å². The Hall–Kier alpha value is -2.49. The molecule has 1 aromatic rings. The molecule has 1 aliphatic heterocycles. The van der Waals surface area contributed by atoms with Gasteiger partial charge in [-0.15, -0.1) is 0 Å². The van der Waals surface area contributed by atoms with Gasteiger partial charge in [-0.25, -0.2) is 0 Å². The third kappa shape index (κ3) is 7.52. The number of ether oxygens (including phenoxy) is 5. The Kier molecular flexibility index (Phi) is 9.22. The number of benzene rings is 1. The maximum atomic E-state index is 12.0. The maximum absolute atomic E-state index is 12.0. The summed E-state index contributed by atoms with van der Waals surface area (Å²) in [7, 11) is 0. The van der Waals surface area contributed by atoms with Crippen molar-refractivity contribution in [3.8, 4) is 0 Å². The quantitative estimate of drug-likeness (QED) is 0.436. The van der Waals surface area contributed by atoms with Crippen molar-refractivity contribution in [1.82, 2.24) is 5.32 Å². The molecule has 0 unspecified atom stereocenters. The Bertz CT molecular complexity index is 795. The standard InChI is InChI=1S/C24H33NO8/c1-15(26)29-14-20-22(30-16(2)27)23(31-17(3)28)21(25-13-18-9-5-4-6-10-18)24(33-20)32-19-11-7-8-12-19/h4-6,9-10,19-25H,7-8,11-14H2,1-3H3/t20-,21-,22-,23-,24-/m1/s1. The van der Waals surface area contributed by atoms with Crippen molar-refractivity contribution in [2.45, 2.75) is 89.7 Å². The van der Waals surface area contributed by atoms with Gasteiger partial charge in [0.1, 0.15) is 18.8 Å². The molecule has 1 heterocycles. The van der Waals surface area contributed by atoms with Crippen LogP contribution < -0.4 is 5.32 Å². The van der Waals surface area contributed by atoms with Crippen LogP contribution in [0.25, 0.3) is 0 Å². The third-order valence-electron chi connectivity index (χ3n) is 5.71. The van der Waals surface area contributed by atoms with Crippen LogP contribution in [0.2, 0.25) is 0 Å². The van der Waals surface area contributed by atoms with Gasteiger partial charge in [-0.2, -0.15) is 0 Å². The normalized spacial score (nSPS) is 27.7. The molecule has 0 bridgehead atoms. The van der Waals surface area contributed by atoms with Gasteiger partial charge >= 0.3 is 17.9 Å². The lowest BCUT2D eigenvalue weighted by atomic mass is 9.95. The van der Waals surface area contributed by atoms with E-state index < -0.39 is 48.6 Å². The minimum absolute atomic E-state index is 0.00801. The number of esters is 3. The highest BCUT2D eigenvalue weighted by atomic mass is 16.7. The molecular weight excluding hydrogens is 430 g/mol. The molecule has 9 nitrogen and oxygen atoms in total. The van der Waals surface area contributed by atoms with Crippen molar-refractivity contribution in [2.75, 3.05) is 6.61 Å². The number of rotatable bonds is 9. The highest BCUT2D eigenvalue weighted by molar-refractivity contribution is 5.68. The van der Waals surface area contributed by atoms with Gasteiger partial charge in [-0.1, -0.05) is 43.2 Å². The monoisotopic (exact) mass is 463 g/mol. The molecule has 3 rings (SSSR count). The molecule has 0 radical (unpaired) electrons. The summed E-state index contributed by atoms with van der Waals surface area (Å²) in [6, 6.07) is 9.11. The number of hydrogen-bond donors (Lipinski definition) is 1. The Balaban J connectivity index is 1.89. The smallest absolute Gasteiger partial charge is 0.303 e. The van der Waals surface area contributed by atoms with E-state index in [1.165, 1.54) is 20.8 Å². The average Bonchev–Trinajstić information content (AvgIpc) is 3.27. The molecule has 1 saturated heterocycles. The molecular formula is C24H33NO8. The van der Waals surface area contributed by atoms with Crippen LogP contribution in [-0.2, 0) is 44.6 Å². The average molecular weight is 464 g/mol. The van der Waals surface area contributed by atoms with Crippen molar-refractivity contribution in [1.29, 1.82) is 0 Å². The molecule has 1 aromatic carbocycles. The van der Waals surface area contributed by atoms with Crippen molar-refractivity contribution in [3.05, 3.63) is 35.9 Å². The number of nitrogens with one attached hydrogen (secondary N) is 1. The summed E-state index contributed by atoms with van der Waals surface area (Å²) in [5.74, 6) is -1.59. The van der Waals surface area contributed by atoms with Crippen molar-refractivity contribution in [2.24, 2.45) is 0 Å². The van der Waals surface area contributed by atoms with E-state index in [0.717, 1.165) is 31.2 Å². The molecule has 1 saturated carbocycles. The summed E-state index contributed by atoms with van der Waals surface area (Å²) >= 11 is 0. The van der Waals surface area contributed by atoms with E-state index in [0.29, 0.717) is 6.54 Å². The first-order chi connectivity index (χ1) is 15.8. The van der Waals surface area contributed by atoms with Gasteiger partial charge in [0.2, 0.25) is 0 Å². The molecule has 0 spiro atoms. The van der Waals surface area contributed by atoms with Crippen molar-refractivity contribution >= 4 is 17.9 Å². The predicted molar refractivity (Wildman–Crippen MR) is 117 cm³/mol. The summed E-state index contributed by atoms with van der Waals surface area (Å²) < 4.78 is 28.8. The van der Waals surface area contributed by atoms with Gasteiger partial charge in [-0.05, 0) is 18.4 Å². The zero-order valence-corrected chi connectivity index (χ0v) is 19.4.